The molecule has 31 heavy (non-hydrogen) atoms. The van der Waals surface area contributed by atoms with E-state index in [9.17, 15) is 4.79 Å². The number of aryl methyl sites for hydroxylation is 1. The predicted molar refractivity (Wildman–Crippen MR) is 126 cm³/mol. The minimum absolute atomic E-state index is 0.00808. The standard InChI is InChI=1S/C23H17Cl3N4O/c1-13-9-10-17(25)12-20(13)30-22(15-5-3-6-16(24)11-15)28-21(29-30)23(31)27-19-8-4-7-18(26)14(19)2/h3-12H,1-2H3,(H,27,31). The van der Waals surface area contributed by atoms with Crippen LogP contribution in [-0.4, -0.2) is 20.7 Å². The molecule has 0 saturated carbocycles. The van der Waals surface area contributed by atoms with Gasteiger partial charge in [0.05, 0.1) is 5.69 Å². The van der Waals surface area contributed by atoms with Crippen molar-refractivity contribution in [2.45, 2.75) is 13.8 Å². The summed E-state index contributed by atoms with van der Waals surface area (Å²) in [5, 5.41) is 8.99. The van der Waals surface area contributed by atoms with Gasteiger partial charge in [-0.05, 0) is 61.4 Å². The third-order valence-electron chi connectivity index (χ3n) is 4.81. The Morgan fingerprint density at radius 3 is 2.45 bits per heavy atom. The van der Waals surface area contributed by atoms with Crippen LogP contribution in [0.2, 0.25) is 15.1 Å². The molecule has 156 valence electrons. The fraction of sp³-hybridized carbons (Fsp3) is 0.0870. The van der Waals surface area contributed by atoms with Gasteiger partial charge in [0.25, 0.3) is 5.91 Å². The third kappa shape index (κ3) is 4.44. The number of halogens is 3. The molecule has 0 aliphatic heterocycles. The monoisotopic (exact) mass is 470 g/mol. The average Bonchev–Trinajstić information content (AvgIpc) is 3.18. The number of carbonyl (C=O) groups is 1. The summed E-state index contributed by atoms with van der Waals surface area (Å²) in [6.45, 7) is 3.76. The second kappa shape index (κ2) is 8.71. The van der Waals surface area contributed by atoms with E-state index in [-0.39, 0.29) is 5.82 Å². The molecule has 0 aliphatic carbocycles. The molecule has 0 fully saturated rings. The zero-order valence-corrected chi connectivity index (χ0v) is 18.9. The van der Waals surface area contributed by atoms with Crippen LogP contribution in [0.15, 0.2) is 60.7 Å². The molecule has 0 unspecified atom stereocenters. The number of amides is 1. The first-order chi connectivity index (χ1) is 14.8. The molecule has 1 heterocycles. The van der Waals surface area contributed by atoms with Crippen LogP contribution < -0.4 is 5.32 Å². The molecule has 1 N–H and O–H groups in total. The van der Waals surface area contributed by atoms with Crippen LogP contribution in [-0.2, 0) is 0 Å². The van der Waals surface area contributed by atoms with E-state index in [2.05, 4.69) is 15.4 Å². The van der Waals surface area contributed by atoms with E-state index < -0.39 is 5.91 Å². The number of nitrogens with zero attached hydrogens (tertiary/aromatic N) is 3. The summed E-state index contributed by atoms with van der Waals surface area (Å²) < 4.78 is 1.60. The molecule has 3 aromatic carbocycles. The summed E-state index contributed by atoms with van der Waals surface area (Å²) in [5.74, 6) is 0.0293. The van der Waals surface area contributed by atoms with E-state index in [0.29, 0.717) is 32.3 Å². The Bertz CT molecular complexity index is 1300. The van der Waals surface area contributed by atoms with Gasteiger partial charge in [-0.25, -0.2) is 9.67 Å². The van der Waals surface area contributed by atoms with Crippen molar-refractivity contribution in [3.05, 3.63) is 92.7 Å². The van der Waals surface area contributed by atoms with Gasteiger partial charge >= 0.3 is 0 Å². The second-order valence-corrected chi connectivity index (χ2v) is 8.26. The highest BCUT2D eigenvalue weighted by molar-refractivity contribution is 6.32. The van der Waals surface area contributed by atoms with Crippen LogP contribution in [0, 0.1) is 13.8 Å². The summed E-state index contributed by atoms with van der Waals surface area (Å²) in [7, 11) is 0. The van der Waals surface area contributed by atoms with Gasteiger partial charge in [0.15, 0.2) is 5.82 Å². The lowest BCUT2D eigenvalue weighted by atomic mass is 10.1. The van der Waals surface area contributed by atoms with Crippen LogP contribution in [0.4, 0.5) is 5.69 Å². The number of hydrogen-bond acceptors (Lipinski definition) is 3. The smallest absolute Gasteiger partial charge is 0.295 e. The molecule has 0 radical (unpaired) electrons. The zero-order valence-electron chi connectivity index (χ0n) is 16.7. The van der Waals surface area contributed by atoms with E-state index in [1.54, 1.807) is 47.1 Å². The van der Waals surface area contributed by atoms with E-state index in [1.807, 2.05) is 32.0 Å². The van der Waals surface area contributed by atoms with Gasteiger partial charge < -0.3 is 5.32 Å². The summed E-state index contributed by atoms with van der Waals surface area (Å²) in [5.41, 5.74) is 3.72. The number of aromatic nitrogens is 3. The summed E-state index contributed by atoms with van der Waals surface area (Å²) >= 11 is 18.6. The number of hydrogen-bond donors (Lipinski definition) is 1. The molecule has 1 aromatic heterocycles. The number of benzene rings is 3. The van der Waals surface area contributed by atoms with Crippen LogP contribution >= 0.6 is 34.8 Å². The normalized spacial score (nSPS) is 10.9. The van der Waals surface area contributed by atoms with Crippen molar-refractivity contribution in [3.8, 4) is 17.1 Å². The molecule has 4 rings (SSSR count). The molecule has 0 atom stereocenters. The number of anilines is 1. The molecule has 0 aliphatic rings. The van der Waals surface area contributed by atoms with Crippen LogP contribution in [0.5, 0.6) is 0 Å². The quantitative estimate of drug-likeness (QED) is 0.357. The van der Waals surface area contributed by atoms with Gasteiger partial charge in [-0.2, -0.15) is 0 Å². The molecular weight excluding hydrogens is 455 g/mol. The van der Waals surface area contributed by atoms with Gasteiger partial charge in [-0.3, -0.25) is 4.79 Å². The van der Waals surface area contributed by atoms with Crippen LogP contribution in [0.1, 0.15) is 21.7 Å². The van der Waals surface area contributed by atoms with Gasteiger partial charge in [-0.1, -0.05) is 59.1 Å². The van der Waals surface area contributed by atoms with Crippen molar-refractivity contribution in [2.24, 2.45) is 0 Å². The Morgan fingerprint density at radius 2 is 1.68 bits per heavy atom. The first-order valence-corrected chi connectivity index (χ1v) is 10.5. The van der Waals surface area contributed by atoms with Crippen LogP contribution in [0.25, 0.3) is 17.1 Å². The van der Waals surface area contributed by atoms with Gasteiger partial charge in [0.1, 0.15) is 0 Å². The third-order valence-corrected chi connectivity index (χ3v) is 5.69. The lowest BCUT2D eigenvalue weighted by Gasteiger charge is -2.10. The van der Waals surface area contributed by atoms with Crippen molar-refractivity contribution < 1.29 is 4.79 Å². The predicted octanol–water partition coefficient (Wildman–Crippen LogP) is 6.76. The Hall–Kier alpha value is -2.86. The van der Waals surface area contributed by atoms with Crippen LogP contribution in [0.3, 0.4) is 0 Å². The van der Waals surface area contributed by atoms with Crippen molar-refractivity contribution in [1.29, 1.82) is 0 Å². The van der Waals surface area contributed by atoms with Crippen molar-refractivity contribution in [1.82, 2.24) is 14.8 Å². The lowest BCUT2D eigenvalue weighted by Crippen LogP contribution is -2.15. The number of carbonyl (C=O) groups excluding carboxylic acids is 1. The van der Waals surface area contributed by atoms with E-state index in [0.717, 1.165) is 16.7 Å². The molecule has 0 saturated heterocycles. The maximum absolute atomic E-state index is 13.0. The Kier molecular flexibility index (Phi) is 6.01. The van der Waals surface area contributed by atoms with Crippen molar-refractivity contribution >= 4 is 46.4 Å². The minimum atomic E-state index is -0.452. The highest BCUT2D eigenvalue weighted by Gasteiger charge is 2.21. The molecule has 5 nitrogen and oxygen atoms in total. The average molecular weight is 472 g/mol. The minimum Gasteiger partial charge on any atom is -0.319 e. The van der Waals surface area contributed by atoms with Crippen molar-refractivity contribution in [2.75, 3.05) is 5.32 Å². The second-order valence-electron chi connectivity index (χ2n) is 6.98. The lowest BCUT2D eigenvalue weighted by molar-refractivity contribution is 0.101. The van der Waals surface area contributed by atoms with E-state index in [1.165, 1.54) is 0 Å². The highest BCUT2D eigenvalue weighted by atomic mass is 35.5. The van der Waals surface area contributed by atoms with Crippen molar-refractivity contribution in [3.63, 3.8) is 0 Å². The Balaban J connectivity index is 1.82. The molecule has 8 heteroatoms. The van der Waals surface area contributed by atoms with E-state index in [4.69, 9.17) is 34.8 Å². The topological polar surface area (TPSA) is 59.8 Å². The summed E-state index contributed by atoms with van der Waals surface area (Å²) in [4.78, 5) is 17.5. The molecule has 0 bridgehead atoms. The Morgan fingerprint density at radius 1 is 0.935 bits per heavy atom. The molecule has 0 spiro atoms. The number of nitrogens with one attached hydrogen (secondary N) is 1. The molecule has 4 aromatic rings. The van der Waals surface area contributed by atoms with E-state index >= 15 is 0 Å². The fourth-order valence-corrected chi connectivity index (χ4v) is 3.65. The zero-order chi connectivity index (χ0) is 22.1. The van der Waals surface area contributed by atoms with Gasteiger partial charge in [0, 0.05) is 26.3 Å². The highest BCUT2D eigenvalue weighted by Crippen LogP contribution is 2.28. The summed E-state index contributed by atoms with van der Waals surface area (Å²) in [6.07, 6.45) is 0. The SMILES string of the molecule is Cc1ccc(Cl)cc1-n1nc(C(=O)Nc2cccc(Cl)c2C)nc1-c1cccc(Cl)c1. The first kappa shape index (κ1) is 21.4. The largest absolute Gasteiger partial charge is 0.319 e. The summed E-state index contributed by atoms with van der Waals surface area (Å²) in [6, 6.07) is 18.0. The fourth-order valence-electron chi connectivity index (χ4n) is 3.12. The number of rotatable bonds is 4. The maximum Gasteiger partial charge on any atom is 0.295 e. The maximum atomic E-state index is 13.0. The van der Waals surface area contributed by atoms with Gasteiger partial charge in [-0.15, -0.1) is 5.10 Å². The van der Waals surface area contributed by atoms with Gasteiger partial charge in [0.2, 0.25) is 5.82 Å². The molecule has 1 amide bonds. The first-order valence-electron chi connectivity index (χ1n) is 9.39. The Labute approximate surface area is 194 Å². The molecular formula is C23H17Cl3N4O.